The highest BCUT2D eigenvalue weighted by molar-refractivity contribution is 5.79. The van der Waals surface area contributed by atoms with Gasteiger partial charge in [-0.3, -0.25) is 9.67 Å². The Labute approximate surface area is 130 Å². The summed E-state index contributed by atoms with van der Waals surface area (Å²) in [4.78, 5) is 6.29. The summed E-state index contributed by atoms with van der Waals surface area (Å²) in [6.07, 6.45) is 4.76. The summed E-state index contributed by atoms with van der Waals surface area (Å²) in [5.41, 5.74) is 2.23. The van der Waals surface area contributed by atoms with Gasteiger partial charge in [-0.25, -0.2) is 4.39 Å². The molecular formula is C16H22FN5. The van der Waals surface area contributed by atoms with Gasteiger partial charge in [0.15, 0.2) is 5.96 Å². The number of aliphatic imine (C=N–C) groups is 1. The lowest BCUT2D eigenvalue weighted by atomic mass is 10.2. The Balaban J connectivity index is 1.83. The summed E-state index contributed by atoms with van der Waals surface area (Å²) >= 11 is 0. The molecule has 1 aromatic heterocycles. The van der Waals surface area contributed by atoms with Crippen LogP contribution in [0.5, 0.6) is 0 Å². The Hall–Kier alpha value is -2.37. The smallest absolute Gasteiger partial charge is 0.193 e. The van der Waals surface area contributed by atoms with Crippen molar-refractivity contribution in [2.45, 2.75) is 13.0 Å². The van der Waals surface area contributed by atoms with Crippen molar-refractivity contribution in [1.82, 2.24) is 20.0 Å². The first-order chi connectivity index (χ1) is 10.6. The van der Waals surface area contributed by atoms with Gasteiger partial charge in [-0.15, -0.1) is 0 Å². The van der Waals surface area contributed by atoms with E-state index in [1.165, 1.54) is 17.7 Å². The van der Waals surface area contributed by atoms with Crippen LogP contribution in [0, 0.1) is 5.82 Å². The second-order valence-electron chi connectivity index (χ2n) is 5.23. The van der Waals surface area contributed by atoms with Crippen molar-refractivity contribution >= 4 is 5.96 Å². The first-order valence-electron chi connectivity index (χ1n) is 7.22. The zero-order valence-electron chi connectivity index (χ0n) is 13.3. The topological polar surface area (TPSA) is 45.5 Å². The summed E-state index contributed by atoms with van der Waals surface area (Å²) in [5, 5.41) is 7.47. The van der Waals surface area contributed by atoms with Crippen LogP contribution in [0.2, 0.25) is 0 Å². The van der Waals surface area contributed by atoms with Crippen LogP contribution in [-0.2, 0) is 20.0 Å². The van der Waals surface area contributed by atoms with Crippen LogP contribution >= 0.6 is 0 Å². The van der Waals surface area contributed by atoms with Gasteiger partial charge in [0, 0.05) is 40.4 Å². The maximum atomic E-state index is 12.9. The molecule has 0 aliphatic heterocycles. The number of hydrogen-bond donors (Lipinski definition) is 1. The van der Waals surface area contributed by atoms with Gasteiger partial charge >= 0.3 is 0 Å². The van der Waals surface area contributed by atoms with Crippen molar-refractivity contribution in [2.75, 3.05) is 20.6 Å². The van der Waals surface area contributed by atoms with Crippen LogP contribution < -0.4 is 5.32 Å². The van der Waals surface area contributed by atoms with E-state index in [9.17, 15) is 4.39 Å². The average molecular weight is 303 g/mol. The van der Waals surface area contributed by atoms with Gasteiger partial charge in [0.25, 0.3) is 0 Å². The highest BCUT2D eigenvalue weighted by Crippen LogP contribution is 2.05. The standard InChI is InChI=1S/C16H22FN5/c1-18-16(19-9-8-14-10-20-22(3)12-14)21(2)11-13-4-6-15(17)7-5-13/h4-7,10,12H,8-9,11H2,1-3H3,(H,18,19). The van der Waals surface area contributed by atoms with Crippen LogP contribution in [0.1, 0.15) is 11.1 Å². The molecule has 0 saturated heterocycles. The molecule has 1 heterocycles. The Morgan fingerprint density at radius 1 is 1.32 bits per heavy atom. The summed E-state index contributed by atoms with van der Waals surface area (Å²) in [5.74, 6) is 0.596. The van der Waals surface area contributed by atoms with Crippen LogP contribution in [0.25, 0.3) is 0 Å². The van der Waals surface area contributed by atoms with Crippen LogP contribution in [0.4, 0.5) is 4.39 Å². The first kappa shape index (κ1) is 16.0. The van der Waals surface area contributed by atoms with Gasteiger partial charge in [-0.2, -0.15) is 5.10 Å². The van der Waals surface area contributed by atoms with Gasteiger partial charge in [-0.1, -0.05) is 12.1 Å². The Morgan fingerprint density at radius 3 is 2.64 bits per heavy atom. The molecule has 0 aliphatic rings. The molecule has 1 aromatic carbocycles. The minimum atomic E-state index is -0.217. The molecule has 0 atom stereocenters. The molecule has 118 valence electrons. The fraction of sp³-hybridized carbons (Fsp3) is 0.375. The van der Waals surface area contributed by atoms with Crippen molar-refractivity contribution in [1.29, 1.82) is 0 Å². The van der Waals surface area contributed by atoms with Crippen molar-refractivity contribution in [3.05, 3.63) is 53.6 Å². The highest BCUT2D eigenvalue weighted by Gasteiger charge is 2.06. The first-order valence-corrected chi connectivity index (χ1v) is 7.22. The largest absolute Gasteiger partial charge is 0.356 e. The van der Waals surface area contributed by atoms with Crippen molar-refractivity contribution in [3.8, 4) is 0 Å². The fourth-order valence-corrected chi connectivity index (χ4v) is 2.24. The third-order valence-electron chi connectivity index (χ3n) is 3.36. The van der Waals surface area contributed by atoms with Crippen molar-refractivity contribution in [2.24, 2.45) is 12.0 Å². The molecule has 0 bridgehead atoms. The zero-order chi connectivity index (χ0) is 15.9. The second kappa shape index (κ2) is 7.59. The van der Waals surface area contributed by atoms with Gasteiger partial charge in [0.1, 0.15) is 5.82 Å². The van der Waals surface area contributed by atoms with E-state index in [1.54, 1.807) is 23.9 Å². The maximum Gasteiger partial charge on any atom is 0.193 e. The second-order valence-corrected chi connectivity index (χ2v) is 5.23. The molecule has 1 N–H and O–H groups in total. The predicted molar refractivity (Wildman–Crippen MR) is 86.1 cm³/mol. The lowest BCUT2D eigenvalue weighted by Gasteiger charge is -2.22. The lowest BCUT2D eigenvalue weighted by Crippen LogP contribution is -2.39. The maximum absolute atomic E-state index is 12.9. The SMILES string of the molecule is CN=C(NCCc1cnn(C)c1)N(C)Cc1ccc(F)cc1. The molecule has 0 fully saturated rings. The van der Waals surface area contributed by atoms with Crippen LogP contribution in [0.3, 0.4) is 0 Å². The molecule has 2 rings (SSSR count). The average Bonchev–Trinajstić information content (AvgIpc) is 2.91. The number of guanidine groups is 1. The van der Waals surface area contributed by atoms with E-state index < -0.39 is 0 Å². The molecule has 0 radical (unpaired) electrons. The van der Waals surface area contributed by atoms with E-state index in [0.717, 1.165) is 24.5 Å². The molecule has 2 aromatic rings. The number of benzene rings is 1. The van der Waals surface area contributed by atoms with E-state index in [-0.39, 0.29) is 5.82 Å². The van der Waals surface area contributed by atoms with E-state index in [1.807, 2.05) is 31.4 Å². The van der Waals surface area contributed by atoms with Crippen molar-refractivity contribution < 1.29 is 4.39 Å². The quantitative estimate of drug-likeness (QED) is 0.677. The van der Waals surface area contributed by atoms with Crippen LogP contribution in [-0.4, -0.2) is 41.3 Å². The van der Waals surface area contributed by atoms with Gasteiger partial charge in [0.2, 0.25) is 0 Å². The van der Waals surface area contributed by atoms with Gasteiger partial charge in [-0.05, 0) is 29.7 Å². The third-order valence-corrected chi connectivity index (χ3v) is 3.36. The minimum Gasteiger partial charge on any atom is -0.356 e. The summed E-state index contributed by atoms with van der Waals surface area (Å²) < 4.78 is 14.7. The van der Waals surface area contributed by atoms with E-state index in [4.69, 9.17) is 0 Å². The third kappa shape index (κ3) is 4.58. The lowest BCUT2D eigenvalue weighted by molar-refractivity contribution is 0.476. The minimum absolute atomic E-state index is 0.217. The summed E-state index contributed by atoms with van der Waals surface area (Å²) in [6, 6.07) is 6.52. The molecule has 0 amide bonds. The highest BCUT2D eigenvalue weighted by atomic mass is 19.1. The number of aryl methyl sites for hydroxylation is 1. The normalized spacial score (nSPS) is 11.5. The number of halogens is 1. The monoisotopic (exact) mass is 303 g/mol. The Kier molecular flexibility index (Phi) is 5.52. The van der Waals surface area contributed by atoms with Gasteiger partial charge in [0.05, 0.1) is 6.20 Å². The molecule has 5 nitrogen and oxygen atoms in total. The van der Waals surface area contributed by atoms with E-state index in [0.29, 0.717) is 6.54 Å². The molecular weight excluding hydrogens is 281 g/mol. The molecule has 0 aliphatic carbocycles. The molecule has 0 unspecified atom stereocenters. The summed E-state index contributed by atoms with van der Waals surface area (Å²) in [7, 11) is 5.63. The van der Waals surface area contributed by atoms with E-state index >= 15 is 0 Å². The molecule has 22 heavy (non-hydrogen) atoms. The molecule has 0 spiro atoms. The van der Waals surface area contributed by atoms with Crippen LogP contribution in [0.15, 0.2) is 41.7 Å². The fourth-order valence-electron chi connectivity index (χ4n) is 2.24. The number of rotatable bonds is 5. The molecule has 0 saturated carbocycles. The molecule has 6 heteroatoms. The number of hydrogen-bond acceptors (Lipinski definition) is 2. The Bertz CT molecular complexity index is 618. The van der Waals surface area contributed by atoms with Crippen molar-refractivity contribution in [3.63, 3.8) is 0 Å². The predicted octanol–water partition coefficient (Wildman–Crippen LogP) is 1.81. The van der Waals surface area contributed by atoms with Gasteiger partial charge < -0.3 is 10.2 Å². The van der Waals surface area contributed by atoms with E-state index in [2.05, 4.69) is 15.4 Å². The number of aromatic nitrogens is 2. The number of nitrogens with zero attached hydrogens (tertiary/aromatic N) is 4. The number of nitrogens with one attached hydrogen (secondary N) is 1. The Morgan fingerprint density at radius 2 is 2.05 bits per heavy atom. The zero-order valence-corrected chi connectivity index (χ0v) is 13.3. The summed E-state index contributed by atoms with van der Waals surface area (Å²) in [6.45, 7) is 1.46.